The highest BCUT2D eigenvalue weighted by Gasteiger charge is 2.43. The van der Waals surface area contributed by atoms with E-state index in [1.165, 1.54) is 10.4 Å². The molecule has 1 aromatic carbocycles. The minimum absolute atomic E-state index is 0.0338. The summed E-state index contributed by atoms with van der Waals surface area (Å²) >= 11 is 1.73. The number of hydrogen-bond acceptors (Lipinski definition) is 4. The Morgan fingerprint density at radius 1 is 1.23 bits per heavy atom. The quantitative estimate of drug-likeness (QED) is 0.699. The summed E-state index contributed by atoms with van der Waals surface area (Å²) in [6, 6.07) is 12.7. The van der Waals surface area contributed by atoms with Crippen LogP contribution in [0, 0.1) is 5.41 Å². The number of piperidine rings is 1. The molecule has 5 nitrogen and oxygen atoms in total. The number of benzene rings is 1. The molecule has 2 fully saturated rings. The summed E-state index contributed by atoms with van der Waals surface area (Å²) in [4.78, 5) is 29.1. The predicted octanol–water partition coefficient (Wildman–Crippen LogP) is 4.27. The van der Waals surface area contributed by atoms with Gasteiger partial charge >= 0.3 is 0 Å². The SMILES string of the molecule is CNC(=O)[C@]1(Cc2ccc(-c3cccs3)cc2)CCCN(C(=O)CC[C@H]2CCCO2)C1. The molecule has 2 amide bonds. The molecule has 2 atom stereocenters. The van der Waals surface area contributed by atoms with Gasteiger partial charge in [-0.25, -0.2) is 0 Å². The van der Waals surface area contributed by atoms with E-state index in [1.54, 1.807) is 18.4 Å². The summed E-state index contributed by atoms with van der Waals surface area (Å²) in [6.07, 6.45) is 5.95. The highest BCUT2D eigenvalue weighted by molar-refractivity contribution is 7.13. The maximum Gasteiger partial charge on any atom is 0.228 e. The molecule has 4 rings (SSSR count). The van der Waals surface area contributed by atoms with Gasteiger partial charge in [0.2, 0.25) is 11.8 Å². The molecule has 3 heterocycles. The number of nitrogens with zero attached hydrogens (tertiary/aromatic N) is 1. The Morgan fingerprint density at radius 2 is 2.06 bits per heavy atom. The number of nitrogens with one attached hydrogen (secondary N) is 1. The molecule has 2 aliphatic rings. The number of rotatable bonds is 7. The van der Waals surface area contributed by atoms with Crippen LogP contribution in [-0.4, -0.2) is 49.6 Å². The molecule has 1 aromatic heterocycles. The fourth-order valence-corrected chi connectivity index (χ4v) is 5.69. The average Bonchev–Trinajstić information content (AvgIpc) is 3.52. The minimum Gasteiger partial charge on any atom is -0.378 e. The van der Waals surface area contributed by atoms with Crippen LogP contribution in [-0.2, 0) is 20.7 Å². The van der Waals surface area contributed by atoms with Crippen molar-refractivity contribution < 1.29 is 14.3 Å². The fourth-order valence-electron chi connectivity index (χ4n) is 4.95. The zero-order valence-electron chi connectivity index (χ0n) is 18.3. The van der Waals surface area contributed by atoms with Crippen LogP contribution in [0.4, 0.5) is 0 Å². The number of likely N-dealkylation sites (tertiary alicyclic amines) is 1. The Morgan fingerprint density at radius 3 is 2.74 bits per heavy atom. The van der Waals surface area contributed by atoms with Crippen molar-refractivity contribution in [3.05, 3.63) is 47.3 Å². The highest BCUT2D eigenvalue weighted by atomic mass is 32.1. The fraction of sp³-hybridized carbons (Fsp3) is 0.520. The standard InChI is InChI=1S/C25H32N2O3S/c1-26-24(29)25(17-19-7-9-20(10-8-19)22-6-3-16-31-22)13-4-14-27(18-25)23(28)12-11-21-5-2-15-30-21/h3,6-10,16,21H,2,4-5,11-15,17-18H2,1H3,(H,26,29)/t21-,25+/m1/s1. The molecule has 0 bridgehead atoms. The Bertz CT molecular complexity index is 875. The van der Waals surface area contributed by atoms with Crippen LogP contribution in [0.15, 0.2) is 41.8 Å². The van der Waals surface area contributed by atoms with Gasteiger partial charge in [-0.2, -0.15) is 0 Å². The highest BCUT2D eigenvalue weighted by Crippen LogP contribution is 2.35. The second-order valence-corrected chi connectivity index (χ2v) is 9.75. The lowest BCUT2D eigenvalue weighted by Gasteiger charge is -2.42. The molecule has 0 radical (unpaired) electrons. The van der Waals surface area contributed by atoms with E-state index in [0.717, 1.165) is 50.8 Å². The van der Waals surface area contributed by atoms with Gasteiger partial charge in [0.25, 0.3) is 0 Å². The third-order valence-corrected chi connectivity index (χ3v) is 7.56. The molecule has 166 valence electrons. The van der Waals surface area contributed by atoms with Gasteiger partial charge in [-0.1, -0.05) is 30.3 Å². The van der Waals surface area contributed by atoms with Crippen molar-refractivity contribution in [3.63, 3.8) is 0 Å². The van der Waals surface area contributed by atoms with E-state index in [1.807, 2.05) is 4.90 Å². The van der Waals surface area contributed by atoms with Crippen LogP contribution in [0.1, 0.15) is 44.1 Å². The first-order chi connectivity index (χ1) is 15.1. The molecule has 6 heteroatoms. The van der Waals surface area contributed by atoms with Crippen molar-refractivity contribution in [2.45, 2.75) is 51.0 Å². The van der Waals surface area contributed by atoms with Gasteiger partial charge < -0.3 is 15.0 Å². The monoisotopic (exact) mass is 440 g/mol. The molecule has 31 heavy (non-hydrogen) atoms. The molecule has 0 spiro atoms. The van der Waals surface area contributed by atoms with Crippen molar-refractivity contribution >= 4 is 23.2 Å². The lowest BCUT2D eigenvalue weighted by Crippen LogP contribution is -2.54. The summed E-state index contributed by atoms with van der Waals surface area (Å²) in [6.45, 7) is 2.04. The lowest BCUT2D eigenvalue weighted by atomic mass is 9.74. The number of amides is 2. The van der Waals surface area contributed by atoms with Crippen LogP contribution >= 0.6 is 11.3 Å². The number of hydrogen-bond donors (Lipinski definition) is 1. The van der Waals surface area contributed by atoms with Gasteiger partial charge in [-0.15, -0.1) is 11.3 Å². The Balaban J connectivity index is 1.45. The molecule has 0 aliphatic carbocycles. The number of ether oxygens (including phenoxy) is 1. The maximum atomic E-state index is 13.0. The van der Waals surface area contributed by atoms with E-state index in [0.29, 0.717) is 19.4 Å². The largest absolute Gasteiger partial charge is 0.378 e. The van der Waals surface area contributed by atoms with Gasteiger partial charge in [-0.05, 0) is 61.1 Å². The smallest absolute Gasteiger partial charge is 0.228 e. The number of thiophene rings is 1. The molecule has 0 unspecified atom stereocenters. The van der Waals surface area contributed by atoms with Crippen LogP contribution in [0.5, 0.6) is 0 Å². The van der Waals surface area contributed by atoms with E-state index < -0.39 is 5.41 Å². The average molecular weight is 441 g/mol. The predicted molar refractivity (Wildman–Crippen MR) is 124 cm³/mol. The molecule has 2 aliphatic heterocycles. The summed E-state index contributed by atoms with van der Waals surface area (Å²) < 4.78 is 5.67. The van der Waals surface area contributed by atoms with Gasteiger partial charge in [0.05, 0.1) is 11.5 Å². The van der Waals surface area contributed by atoms with Gasteiger partial charge in [0, 0.05) is 38.0 Å². The minimum atomic E-state index is -0.572. The van der Waals surface area contributed by atoms with E-state index in [4.69, 9.17) is 4.74 Å². The molecule has 0 saturated carbocycles. The zero-order chi connectivity index (χ0) is 21.7. The van der Waals surface area contributed by atoms with E-state index in [2.05, 4.69) is 47.1 Å². The zero-order valence-corrected chi connectivity index (χ0v) is 19.1. The van der Waals surface area contributed by atoms with Crippen LogP contribution < -0.4 is 5.32 Å². The van der Waals surface area contributed by atoms with Crippen LogP contribution in [0.25, 0.3) is 10.4 Å². The second-order valence-electron chi connectivity index (χ2n) is 8.80. The van der Waals surface area contributed by atoms with Crippen molar-refractivity contribution in [1.29, 1.82) is 0 Å². The molecule has 2 saturated heterocycles. The third kappa shape index (κ3) is 5.18. The van der Waals surface area contributed by atoms with Crippen LogP contribution in [0.3, 0.4) is 0 Å². The van der Waals surface area contributed by atoms with E-state index in [9.17, 15) is 9.59 Å². The first-order valence-electron chi connectivity index (χ1n) is 11.3. The first-order valence-corrected chi connectivity index (χ1v) is 12.2. The summed E-state index contributed by atoms with van der Waals surface area (Å²) in [7, 11) is 1.70. The topological polar surface area (TPSA) is 58.6 Å². The Labute approximate surface area is 188 Å². The lowest BCUT2D eigenvalue weighted by molar-refractivity contribution is -0.141. The maximum absolute atomic E-state index is 13.0. The van der Waals surface area contributed by atoms with Crippen LogP contribution in [0.2, 0.25) is 0 Å². The summed E-state index contributed by atoms with van der Waals surface area (Å²) in [5.74, 6) is 0.183. The van der Waals surface area contributed by atoms with Crippen molar-refractivity contribution in [1.82, 2.24) is 10.2 Å². The second kappa shape index (κ2) is 9.96. The molecule has 1 N–H and O–H groups in total. The van der Waals surface area contributed by atoms with Crippen molar-refractivity contribution in [2.24, 2.45) is 5.41 Å². The molecule has 2 aromatic rings. The van der Waals surface area contributed by atoms with E-state index >= 15 is 0 Å². The van der Waals surface area contributed by atoms with Crippen molar-refractivity contribution in [2.75, 3.05) is 26.7 Å². The number of carbonyl (C=O) groups is 2. The number of carbonyl (C=O) groups excluding carboxylic acids is 2. The van der Waals surface area contributed by atoms with Crippen molar-refractivity contribution in [3.8, 4) is 10.4 Å². The Kier molecular flexibility index (Phi) is 7.08. The summed E-state index contributed by atoms with van der Waals surface area (Å²) in [5.41, 5.74) is 1.76. The normalized spacial score (nSPS) is 23.6. The molecular weight excluding hydrogens is 408 g/mol. The first kappa shape index (κ1) is 22.0. The van der Waals surface area contributed by atoms with E-state index in [-0.39, 0.29) is 17.9 Å². The van der Waals surface area contributed by atoms with Gasteiger partial charge in [0.1, 0.15) is 0 Å². The van der Waals surface area contributed by atoms with Gasteiger partial charge in [-0.3, -0.25) is 9.59 Å². The Hall–Kier alpha value is -2.18. The molecular formula is C25H32N2O3S. The third-order valence-electron chi connectivity index (χ3n) is 6.64. The van der Waals surface area contributed by atoms with Gasteiger partial charge in [0.15, 0.2) is 0 Å². The summed E-state index contributed by atoms with van der Waals surface area (Å²) in [5, 5.41) is 4.95.